The van der Waals surface area contributed by atoms with Gasteiger partial charge in [0.25, 0.3) is 0 Å². The largest absolute Gasteiger partial charge is 0.512 e. The molecule has 4 heteroatoms. The Hall–Kier alpha value is -2.46. The minimum atomic E-state index is -0.297. The SMILES string of the molecule is O=C1C[C@H](c2ccc(F)cc2)CC(O)=C1[C@H]1NCCc2ccccc21. The van der Waals surface area contributed by atoms with E-state index in [1.54, 1.807) is 12.1 Å². The van der Waals surface area contributed by atoms with Crippen LogP contribution in [0.5, 0.6) is 0 Å². The molecule has 128 valence electrons. The maximum Gasteiger partial charge on any atom is 0.164 e. The first-order valence-electron chi connectivity index (χ1n) is 8.65. The second-order valence-electron chi connectivity index (χ2n) is 6.78. The highest BCUT2D eigenvalue weighted by Gasteiger charge is 2.35. The molecule has 0 saturated carbocycles. The molecule has 1 heterocycles. The summed E-state index contributed by atoms with van der Waals surface area (Å²) in [5.74, 6) is -0.280. The molecule has 1 aliphatic carbocycles. The molecule has 2 aromatic carbocycles. The number of ketones is 1. The number of aliphatic hydroxyl groups excluding tert-OH is 1. The third kappa shape index (κ3) is 2.98. The van der Waals surface area contributed by atoms with Crippen LogP contribution in [0.4, 0.5) is 4.39 Å². The number of rotatable bonds is 2. The van der Waals surface area contributed by atoms with Crippen molar-refractivity contribution in [1.82, 2.24) is 5.32 Å². The summed E-state index contributed by atoms with van der Waals surface area (Å²) in [5.41, 5.74) is 3.67. The van der Waals surface area contributed by atoms with Gasteiger partial charge in [-0.25, -0.2) is 4.39 Å². The standard InChI is InChI=1S/C21H20FNO2/c22-16-7-5-13(6-8-16)15-11-18(24)20(19(25)12-15)21-17-4-2-1-3-14(17)9-10-23-21/h1-8,15,21,23-24H,9-12H2/t15-,21+/m1/s1. The van der Waals surface area contributed by atoms with Gasteiger partial charge in [0.15, 0.2) is 5.78 Å². The smallest absolute Gasteiger partial charge is 0.164 e. The Morgan fingerprint density at radius 2 is 1.80 bits per heavy atom. The Labute approximate surface area is 146 Å². The van der Waals surface area contributed by atoms with E-state index in [2.05, 4.69) is 11.4 Å². The first kappa shape index (κ1) is 16.0. The van der Waals surface area contributed by atoms with Gasteiger partial charge in [-0.2, -0.15) is 0 Å². The summed E-state index contributed by atoms with van der Waals surface area (Å²) in [4.78, 5) is 12.8. The van der Waals surface area contributed by atoms with Crippen molar-refractivity contribution in [1.29, 1.82) is 0 Å². The molecule has 0 amide bonds. The molecule has 4 rings (SSSR count). The lowest BCUT2D eigenvalue weighted by Gasteiger charge is -2.32. The molecular formula is C21H20FNO2. The Morgan fingerprint density at radius 1 is 1.04 bits per heavy atom. The summed E-state index contributed by atoms with van der Waals surface area (Å²) < 4.78 is 13.1. The number of carbonyl (C=O) groups excluding carboxylic acids is 1. The fourth-order valence-corrected chi connectivity index (χ4v) is 3.97. The monoisotopic (exact) mass is 337 g/mol. The molecule has 2 aliphatic rings. The van der Waals surface area contributed by atoms with Crippen LogP contribution in [-0.4, -0.2) is 17.4 Å². The van der Waals surface area contributed by atoms with E-state index < -0.39 is 0 Å². The molecule has 0 spiro atoms. The van der Waals surface area contributed by atoms with Gasteiger partial charge >= 0.3 is 0 Å². The number of hydrogen-bond donors (Lipinski definition) is 2. The number of aliphatic hydroxyl groups is 1. The summed E-state index contributed by atoms with van der Waals surface area (Å²) in [5, 5.41) is 14.0. The van der Waals surface area contributed by atoms with Gasteiger partial charge in [0, 0.05) is 19.4 Å². The normalized spacial score (nSPS) is 23.5. The summed E-state index contributed by atoms with van der Waals surface area (Å²) in [6, 6.07) is 14.0. The second kappa shape index (κ2) is 6.45. The highest BCUT2D eigenvalue weighted by atomic mass is 19.1. The molecule has 0 unspecified atom stereocenters. The maximum atomic E-state index is 13.1. The average Bonchev–Trinajstić information content (AvgIpc) is 2.62. The minimum Gasteiger partial charge on any atom is -0.512 e. The molecular weight excluding hydrogens is 317 g/mol. The lowest BCUT2D eigenvalue weighted by atomic mass is 9.78. The molecule has 2 atom stereocenters. The van der Waals surface area contributed by atoms with E-state index in [4.69, 9.17) is 0 Å². The molecule has 2 aromatic rings. The average molecular weight is 337 g/mol. The van der Waals surface area contributed by atoms with E-state index in [1.807, 2.05) is 18.2 Å². The fraction of sp³-hybridized carbons (Fsp3) is 0.286. The number of fused-ring (bicyclic) bond motifs is 1. The number of hydrogen-bond acceptors (Lipinski definition) is 3. The van der Waals surface area contributed by atoms with Gasteiger partial charge in [0.05, 0.1) is 11.6 Å². The summed E-state index contributed by atoms with van der Waals surface area (Å²) in [7, 11) is 0. The zero-order chi connectivity index (χ0) is 17.4. The molecule has 3 nitrogen and oxygen atoms in total. The van der Waals surface area contributed by atoms with Crippen LogP contribution in [0.1, 0.15) is 41.5 Å². The molecule has 0 saturated heterocycles. The number of Topliss-reactive ketones (excluding diaryl/α,β-unsaturated/α-hetero) is 1. The number of carbonyl (C=O) groups is 1. The van der Waals surface area contributed by atoms with Crippen molar-refractivity contribution >= 4 is 5.78 Å². The molecule has 0 fully saturated rings. The molecule has 25 heavy (non-hydrogen) atoms. The van der Waals surface area contributed by atoms with Crippen LogP contribution in [0.15, 0.2) is 59.9 Å². The van der Waals surface area contributed by atoms with Crippen molar-refractivity contribution in [3.8, 4) is 0 Å². The van der Waals surface area contributed by atoms with Crippen molar-refractivity contribution < 1.29 is 14.3 Å². The first-order chi connectivity index (χ1) is 12.1. The molecule has 2 N–H and O–H groups in total. The van der Waals surface area contributed by atoms with Gasteiger partial charge in [-0.15, -0.1) is 0 Å². The zero-order valence-corrected chi connectivity index (χ0v) is 13.8. The van der Waals surface area contributed by atoms with E-state index in [9.17, 15) is 14.3 Å². The number of halogens is 1. The Bertz CT molecular complexity index is 841. The molecule has 1 aliphatic heterocycles. The number of benzene rings is 2. The van der Waals surface area contributed by atoms with Gasteiger partial charge in [0.2, 0.25) is 0 Å². The van der Waals surface area contributed by atoms with Crippen molar-refractivity contribution in [2.75, 3.05) is 6.54 Å². The zero-order valence-electron chi connectivity index (χ0n) is 13.8. The second-order valence-corrected chi connectivity index (χ2v) is 6.78. The van der Waals surface area contributed by atoms with Crippen molar-refractivity contribution in [2.24, 2.45) is 0 Å². The van der Waals surface area contributed by atoms with Crippen LogP contribution in [0.2, 0.25) is 0 Å². The van der Waals surface area contributed by atoms with Crippen LogP contribution < -0.4 is 5.32 Å². The third-order valence-electron chi connectivity index (χ3n) is 5.22. The van der Waals surface area contributed by atoms with Crippen molar-refractivity contribution in [3.05, 3.63) is 82.4 Å². The van der Waals surface area contributed by atoms with Gasteiger partial charge in [-0.3, -0.25) is 4.79 Å². The van der Waals surface area contributed by atoms with Crippen molar-refractivity contribution in [3.63, 3.8) is 0 Å². The third-order valence-corrected chi connectivity index (χ3v) is 5.22. The Balaban J connectivity index is 1.66. The Kier molecular flexibility index (Phi) is 4.14. The minimum absolute atomic E-state index is 0.0349. The highest BCUT2D eigenvalue weighted by molar-refractivity contribution is 5.98. The van der Waals surface area contributed by atoms with Crippen LogP contribution in [0, 0.1) is 5.82 Å². The highest BCUT2D eigenvalue weighted by Crippen LogP contribution is 2.39. The summed E-state index contributed by atoms with van der Waals surface area (Å²) >= 11 is 0. The summed E-state index contributed by atoms with van der Waals surface area (Å²) in [6.45, 7) is 0.785. The predicted octanol–water partition coefficient (Wildman–Crippen LogP) is 3.97. The van der Waals surface area contributed by atoms with Gasteiger partial charge in [-0.1, -0.05) is 36.4 Å². The van der Waals surface area contributed by atoms with Gasteiger partial charge in [0.1, 0.15) is 11.6 Å². The van der Waals surface area contributed by atoms with Crippen molar-refractivity contribution in [2.45, 2.75) is 31.2 Å². The van der Waals surface area contributed by atoms with Crippen LogP contribution in [-0.2, 0) is 11.2 Å². The number of allylic oxidation sites excluding steroid dienone is 1. The van der Waals surface area contributed by atoms with Gasteiger partial charge in [-0.05, 0) is 41.2 Å². The van der Waals surface area contributed by atoms with E-state index in [0.717, 1.165) is 24.1 Å². The fourth-order valence-electron chi connectivity index (χ4n) is 3.97. The topological polar surface area (TPSA) is 49.3 Å². The summed E-state index contributed by atoms with van der Waals surface area (Å²) in [6.07, 6.45) is 1.67. The van der Waals surface area contributed by atoms with E-state index in [-0.39, 0.29) is 29.3 Å². The van der Waals surface area contributed by atoms with E-state index in [0.29, 0.717) is 18.4 Å². The molecule has 0 aromatic heterocycles. The van der Waals surface area contributed by atoms with Crippen LogP contribution >= 0.6 is 0 Å². The quantitative estimate of drug-likeness (QED) is 0.872. The predicted molar refractivity (Wildman–Crippen MR) is 93.9 cm³/mol. The Morgan fingerprint density at radius 3 is 2.56 bits per heavy atom. The molecule has 0 bridgehead atoms. The lowest BCUT2D eigenvalue weighted by molar-refractivity contribution is -0.117. The first-order valence-corrected chi connectivity index (χ1v) is 8.65. The van der Waals surface area contributed by atoms with Crippen LogP contribution in [0.25, 0.3) is 0 Å². The van der Waals surface area contributed by atoms with E-state index in [1.165, 1.54) is 17.7 Å². The lowest BCUT2D eigenvalue weighted by Crippen LogP contribution is -2.35. The van der Waals surface area contributed by atoms with Crippen LogP contribution in [0.3, 0.4) is 0 Å². The van der Waals surface area contributed by atoms with Gasteiger partial charge < -0.3 is 10.4 Å². The molecule has 0 radical (unpaired) electrons. The van der Waals surface area contributed by atoms with E-state index >= 15 is 0 Å². The maximum absolute atomic E-state index is 13.1. The number of nitrogens with one attached hydrogen (secondary N) is 1.